The number of esters is 1. The van der Waals surface area contributed by atoms with Gasteiger partial charge in [0.05, 0.1) is 19.7 Å². The Balaban J connectivity index is 1.42. The first-order valence-electron chi connectivity index (χ1n) is 9.22. The normalized spacial score (nSPS) is 19.8. The zero-order valence-corrected chi connectivity index (χ0v) is 16.0. The van der Waals surface area contributed by atoms with Crippen LogP contribution in [-0.4, -0.2) is 69.3 Å². The lowest BCUT2D eigenvalue weighted by Gasteiger charge is -2.38. The Kier molecular flexibility index (Phi) is 5.38. The Labute approximate surface area is 163 Å². The van der Waals surface area contributed by atoms with E-state index in [-0.39, 0.29) is 5.97 Å². The second kappa shape index (κ2) is 7.92. The highest BCUT2D eigenvalue weighted by Crippen LogP contribution is 2.34. The first kappa shape index (κ1) is 18.3. The Hall–Kier alpha value is -2.03. The zero-order valence-electron chi connectivity index (χ0n) is 15.3. The summed E-state index contributed by atoms with van der Waals surface area (Å²) in [5.41, 5.74) is 0.789. The van der Waals surface area contributed by atoms with Crippen molar-refractivity contribution in [3.8, 4) is 0 Å². The third kappa shape index (κ3) is 3.97. The summed E-state index contributed by atoms with van der Waals surface area (Å²) in [6, 6.07) is 7.44. The number of hydrogen-bond donors (Lipinski definition) is 0. The highest BCUT2D eigenvalue weighted by Gasteiger charge is 2.33. The van der Waals surface area contributed by atoms with Crippen molar-refractivity contribution in [1.82, 2.24) is 30.0 Å². The number of carbonyl (C=O) groups excluding carboxylic acids is 1. The topological polar surface area (TPSA) is 76.4 Å². The summed E-state index contributed by atoms with van der Waals surface area (Å²) >= 11 is 6.35. The fraction of sp³-hybridized carbons (Fsp3) is 0.556. The van der Waals surface area contributed by atoms with E-state index >= 15 is 0 Å². The van der Waals surface area contributed by atoms with Gasteiger partial charge in [0.1, 0.15) is 6.04 Å². The van der Waals surface area contributed by atoms with Crippen LogP contribution in [0.15, 0.2) is 24.3 Å². The van der Waals surface area contributed by atoms with Crippen LogP contribution in [0, 0.1) is 0 Å². The van der Waals surface area contributed by atoms with E-state index in [0.717, 1.165) is 57.0 Å². The van der Waals surface area contributed by atoms with Crippen LogP contribution in [0.1, 0.15) is 36.3 Å². The predicted octanol–water partition coefficient (Wildman–Crippen LogP) is 1.69. The van der Waals surface area contributed by atoms with Gasteiger partial charge >= 0.3 is 5.97 Å². The maximum absolute atomic E-state index is 12.5. The Morgan fingerprint density at radius 1 is 1.26 bits per heavy atom. The fourth-order valence-corrected chi connectivity index (χ4v) is 3.82. The van der Waals surface area contributed by atoms with Gasteiger partial charge in [-0.2, -0.15) is 0 Å². The van der Waals surface area contributed by atoms with Gasteiger partial charge in [-0.15, -0.1) is 5.10 Å². The van der Waals surface area contributed by atoms with Crippen molar-refractivity contribution >= 4 is 17.6 Å². The molecule has 1 aromatic carbocycles. The minimum Gasteiger partial charge on any atom is -0.468 e. The van der Waals surface area contributed by atoms with Crippen molar-refractivity contribution in [3.05, 3.63) is 40.7 Å². The molecule has 1 aliphatic carbocycles. The number of aromatic nitrogens is 4. The zero-order chi connectivity index (χ0) is 18.8. The molecule has 0 spiro atoms. The standard InChI is InChI=1S/C18H23ClN6O2/c1-27-18(26)17(14-4-2-3-5-15(14)19)24-10-8-23(9-11-24)12-16-20-21-22-25(16)13-6-7-13/h2-5,13,17H,6-12H2,1H3. The van der Waals surface area contributed by atoms with Crippen LogP contribution in [0.2, 0.25) is 5.02 Å². The minimum atomic E-state index is -0.484. The quantitative estimate of drug-likeness (QED) is 0.694. The molecule has 8 nitrogen and oxygen atoms in total. The van der Waals surface area contributed by atoms with Crippen molar-refractivity contribution in [2.45, 2.75) is 31.5 Å². The van der Waals surface area contributed by atoms with Gasteiger partial charge in [0.25, 0.3) is 0 Å². The van der Waals surface area contributed by atoms with Crippen LogP contribution in [0.5, 0.6) is 0 Å². The molecule has 0 bridgehead atoms. The second-order valence-electron chi connectivity index (χ2n) is 7.03. The van der Waals surface area contributed by atoms with E-state index in [0.29, 0.717) is 11.1 Å². The number of benzene rings is 1. The molecule has 2 fully saturated rings. The van der Waals surface area contributed by atoms with Gasteiger partial charge < -0.3 is 4.74 Å². The molecule has 0 radical (unpaired) electrons. The number of methoxy groups -OCH3 is 1. The van der Waals surface area contributed by atoms with Gasteiger partial charge in [-0.05, 0) is 34.9 Å². The number of hydrogen-bond acceptors (Lipinski definition) is 7. The van der Waals surface area contributed by atoms with Crippen LogP contribution < -0.4 is 0 Å². The van der Waals surface area contributed by atoms with Crippen molar-refractivity contribution in [2.24, 2.45) is 0 Å². The minimum absolute atomic E-state index is 0.283. The van der Waals surface area contributed by atoms with E-state index in [1.807, 2.05) is 22.9 Å². The highest BCUT2D eigenvalue weighted by atomic mass is 35.5. The molecule has 0 N–H and O–H groups in total. The van der Waals surface area contributed by atoms with Gasteiger partial charge in [0.15, 0.2) is 5.82 Å². The smallest absolute Gasteiger partial charge is 0.327 e. The maximum atomic E-state index is 12.5. The third-order valence-corrected chi connectivity index (χ3v) is 5.56. The predicted molar refractivity (Wildman–Crippen MR) is 99.1 cm³/mol. The third-order valence-electron chi connectivity index (χ3n) is 5.22. The SMILES string of the molecule is COC(=O)C(c1ccccc1Cl)N1CCN(Cc2nnnn2C2CC2)CC1. The number of carbonyl (C=O) groups is 1. The average molecular weight is 391 g/mol. The number of piperazine rings is 1. The van der Waals surface area contributed by atoms with E-state index in [1.165, 1.54) is 7.11 Å². The van der Waals surface area contributed by atoms with Crippen molar-refractivity contribution < 1.29 is 9.53 Å². The molecule has 1 saturated carbocycles. The summed E-state index contributed by atoms with van der Waals surface area (Å²) in [6.07, 6.45) is 2.31. The number of ether oxygens (including phenoxy) is 1. The van der Waals surface area contributed by atoms with Crippen LogP contribution >= 0.6 is 11.6 Å². The lowest BCUT2D eigenvalue weighted by atomic mass is 10.0. The molecule has 1 saturated heterocycles. The molecule has 144 valence electrons. The molecule has 1 aromatic heterocycles. The van der Waals surface area contributed by atoms with Gasteiger partial charge in [-0.3, -0.25) is 9.80 Å². The summed E-state index contributed by atoms with van der Waals surface area (Å²) in [4.78, 5) is 16.9. The molecule has 0 amide bonds. The van der Waals surface area contributed by atoms with Gasteiger partial charge in [-0.1, -0.05) is 29.8 Å². The van der Waals surface area contributed by atoms with Crippen LogP contribution in [0.25, 0.3) is 0 Å². The first-order valence-corrected chi connectivity index (χ1v) is 9.60. The van der Waals surface area contributed by atoms with Crippen molar-refractivity contribution in [2.75, 3.05) is 33.3 Å². The van der Waals surface area contributed by atoms with Crippen LogP contribution in [0.4, 0.5) is 0 Å². The molecule has 1 atom stereocenters. The molecule has 2 aromatic rings. The van der Waals surface area contributed by atoms with E-state index in [9.17, 15) is 4.79 Å². The van der Waals surface area contributed by atoms with Crippen LogP contribution in [0.3, 0.4) is 0 Å². The number of tetrazole rings is 1. The highest BCUT2D eigenvalue weighted by molar-refractivity contribution is 6.31. The summed E-state index contributed by atoms with van der Waals surface area (Å²) < 4.78 is 7.01. The summed E-state index contributed by atoms with van der Waals surface area (Å²) in [7, 11) is 1.42. The monoisotopic (exact) mass is 390 g/mol. The Morgan fingerprint density at radius 3 is 2.67 bits per heavy atom. The van der Waals surface area contributed by atoms with Crippen molar-refractivity contribution in [1.29, 1.82) is 0 Å². The van der Waals surface area contributed by atoms with Gasteiger partial charge in [0.2, 0.25) is 0 Å². The maximum Gasteiger partial charge on any atom is 0.327 e. The molecule has 9 heteroatoms. The molecule has 4 rings (SSSR count). The number of nitrogens with zero attached hydrogens (tertiary/aromatic N) is 6. The molecule has 1 unspecified atom stereocenters. The summed E-state index contributed by atoms with van der Waals surface area (Å²) in [6.45, 7) is 3.88. The summed E-state index contributed by atoms with van der Waals surface area (Å²) in [5, 5.41) is 12.7. The Bertz CT molecular complexity index is 801. The molecule has 2 aliphatic rings. The van der Waals surface area contributed by atoms with E-state index in [2.05, 4.69) is 25.3 Å². The lowest BCUT2D eigenvalue weighted by Crippen LogP contribution is -2.49. The fourth-order valence-electron chi connectivity index (χ4n) is 3.58. The molecule has 1 aliphatic heterocycles. The molecule has 2 heterocycles. The largest absolute Gasteiger partial charge is 0.468 e. The molecular formula is C18H23ClN6O2. The van der Waals surface area contributed by atoms with Crippen LogP contribution in [-0.2, 0) is 16.1 Å². The van der Waals surface area contributed by atoms with E-state index in [4.69, 9.17) is 16.3 Å². The van der Waals surface area contributed by atoms with E-state index < -0.39 is 6.04 Å². The summed E-state index contributed by atoms with van der Waals surface area (Å²) in [5.74, 6) is 0.635. The lowest BCUT2D eigenvalue weighted by molar-refractivity contribution is -0.148. The number of rotatable bonds is 6. The number of halogens is 1. The van der Waals surface area contributed by atoms with Crippen molar-refractivity contribution in [3.63, 3.8) is 0 Å². The molecular weight excluding hydrogens is 368 g/mol. The van der Waals surface area contributed by atoms with Gasteiger partial charge in [0, 0.05) is 31.2 Å². The first-order chi connectivity index (χ1) is 13.2. The average Bonchev–Trinajstić information content (AvgIpc) is 3.43. The van der Waals surface area contributed by atoms with Gasteiger partial charge in [-0.25, -0.2) is 9.48 Å². The Morgan fingerprint density at radius 2 is 2.00 bits per heavy atom. The molecule has 27 heavy (non-hydrogen) atoms. The second-order valence-corrected chi connectivity index (χ2v) is 7.44. The van der Waals surface area contributed by atoms with E-state index in [1.54, 1.807) is 6.07 Å².